The fourth-order valence-corrected chi connectivity index (χ4v) is 3.93. The lowest BCUT2D eigenvalue weighted by Gasteiger charge is -2.33. The molecule has 2 atom stereocenters. The van der Waals surface area contributed by atoms with E-state index in [0.29, 0.717) is 6.42 Å². The van der Waals surface area contributed by atoms with Gasteiger partial charge in [0.15, 0.2) is 0 Å². The van der Waals surface area contributed by atoms with E-state index in [1.807, 2.05) is 13.8 Å². The molecule has 0 bridgehead atoms. The number of amides is 2. The van der Waals surface area contributed by atoms with Gasteiger partial charge in [0, 0.05) is 18.0 Å². The third-order valence-corrected chi connectivity index (χ3v) is 5.11. The fourth-order valence-electron chi connectivity index (χ4n) is 3.93. The van der Waals surface area contributed by atoms with Gasteiger partial charge in [-0.25, -0.2) is 0 Å². The second-order valence-electron chi connectivity index (χ2n) is 7.75. The molecule has 0 spiro atoms. The Balaban J connectivity index is 1.80. The minimum Gasteiger partial charge on any atom is -0.389 e. The molecule has 2 aliphatic rings. The van der Waals surface area contributed by atoms with Crippen LogP contribution in [0.1, 0.15) is 78.1 Å². The van der Waals surface area contributed by atoms with E-state index in [4.69, 9.17) is 0 Å². The van der Waals surface area contributed by atoms with Gasteiger partial charge in [0.2, 0.25) is 11.8 Å². The molecular weight excluding hydrogens is 292 g/mol. The summed E-state index contributed by atoms with van der Waals surface area (Å²) in [5.41, 5.74) is -0.814. The number of rotatable bonds is 5. The lowest BCUT2D eigenvalue weighted by Crippen LogP contribution is -2.46. The van der Waals surface area contributed by atoms with Gasteiger partial charge in [-0.2, -0.15) is 0 Å². The number of aliphatic hydroxyl groups is 1. The molecule has 2 aliphatic carbocycles. The molecule has 3 N–H and O–H groups in total. The molecule has 0 aromatic carbocycles. The van der Waals surface area contributed by atoms with Crippen molar-refractivity contribution in [2.45, 2.75) is 95.7 Å². The number of hydrogen-bond donors (Lipinski definition) is 3. The molecule has 132 valence electrons. The van der Waals surface area contributed by atoms with Crippen LogP contribution in [0.3, 0.4) is 0 Å². The highest BCUT2D eigenvalue weighted by Crippen LogP contribution is 2.31. The number of carbonyl (C=O) groups excluding carboxylic acids is 2. The number of nitrogens with one attached hydrogen (secondary N) is 2. The number of carbonyl (C=O) groups is 2. The van der Waals surface area contributed by atoms with Crippen molar-refractivity contribution in [1.82, 2.24) is 10.6 Å². The Kier molecular flexibility index (Phi) is 6.45. The summed E-state index contributed by atoms with van der Waals surface area (Å²) in [6.45, 7) is 3.93. The molecule has 2 saturated carbocycles. The van der Waals surface area contributed by atoms with Crippen LogP contribution in [0.25, 0.3) is 0 Å². The van der Waals surface area contributed by atoms with E-state index in [0.717, 1.165) is 51.4 Å². The summed E-state index contributed by atoms with van der Waals surface area (Å²) >= 11 is 0. The van der Waals surface area contributed by atoms with Crippen molar-refractivity contribution in [3.8, 4) is 0 Å². The van der Waals surface area contributed by atoms with E-state index < -0.39 is 5.60 Å². The monoisotopic (exact) mass is 324 g/mol. The minimum atomic E-state index is -0.814. The van der Waals surface area contributed by atoms with Crippen LogP contribution in [0.15, 0.2) is 0 Å². The molecule has 0 heterocycles. The topological polar surface area (TPSA) is 78.4 Å². The number of hydrogen-bond acceptors (Lipinski definition) is 3. The van der Waals surface area contributed by atoms with Crippen LogP contribution in [0.5, 0.6) is 0 Å². The van der Waals surface area contributed by atoms with Gasteiger partial charge in [-0.3, -0.25) is 9.59 Å². The average Bonchev–Trinajstić information content (AvgIpc) is 2.46. The van der Waals surface area contributed by atoms with Crippen LogP contribution in [0.2, 0.25) is 0 Å². The normalized spacial score (nSPS) is 27.5. The Labute approximate surface area is 139 Å². The Hall–Kier alpha value is -1.10. The van der Waals surface area contributed by atoms with Gasteiger partial charge in [0.25, 0.3) is 0 Å². The maximum Gasteiger partial charge on any atom is 0.223 e. The summed E-state index contributed by atoms with van der Waals surface area (Å²) in [5, 5.41) is 16.5. The first kappa shape index (κ1) is 18.2. The lowest BCUT2D eigenvalue weighted by atomic mass is 9.81. The first-order valence-electron chi connectivity index (χ1n) is 9.20. The largest absolute Gasteiger partial charge is 0.389 e. The van der Waals surface area contributed by atoms with Crippen molar-refractivity contribution in [2.75, 3.05) is 0 Å². The zero-order chi connectivity index (χ0) is 16.9. The average molecular weight is 324 g/mol. The third kappa shape index (κ3) is 5.79. The quantitative estimate of drug-likeness (QED) is 0.726. The molecule has 2 amide bonds. The zero-order valence-electron chi connectivity index (χ0n) is 14.6. The van der Waals surface area contributed by atoms with Crippen molar-refractivity contribution < 1.29 is 14.7 Å². The van der Waals surface area contributed by atoms with E-state index in [-0.39, 0.29) is 36.2 Å². The Morgan fingerprint density at radius 1 is 1.13 bits per heavy atom. The van der Waals surface area contributed by atoms with Gasteiger partial charge in [-0.1, -0.05) is 25.7 Å². The van der Waals surface area contributed by atoms with Gasteiger partial charge in [0.05, 0.1) is 12.0 Å². The molecule has 0 saturated heterocycles. The standard InChI is InChI=1S/C18H32N2O3/c1-13(2)19-17(22)14-7-6-8-15(11-14)20-16(21)12-18(23)9-4-3-5-10-18/h13-15,23H,3-12H2,1-2H3,(H,19,22)(H,20,21)/t14-,15-/m1/s1. The summed E-state index contributed by atoms with van der Waals surface area (Å²) in [4.78, 5) is 24.4. The van der Waals surface area contributed by atoms with Gasteiger partial charge < -0.3 is 15.7 Å². The van der Waals surface area contributed by atoms with Crippen LogP contribution in [0, 0.1) is 5.92 Å². The predicted octanol–water partition coefficient (Wildman–Crippen LogP) is 2.27. The van der Waals surface area contributed by atoms with E-state index in [2.05, 4.69) is 10.6 Å². The summed E-state index contributed by atoms with van der Waals surface area (Å²) in [6.07, 6.45) is 8.31. The molecule has 0 radical (unpaired) electrons. The fraction of sp³-hybridized carbons (Fsp3) is 0.889. The third-order valence-electron chi connectivity index (χ3n) is 5.11. The highest BCUT2D eigenvalue weighted by atomic mass is 16.3. The zero-order valence-corrected chi connectivity index (χ0v) is 14.6. The predicted molar refractivity (Wildman–Crippen MR) is 89.8 cm³/mol. The molecule has 5 nitrogen and oxygen atoms in total. The van der Waals surface area contributed by atoms with Crippen LogP contribution in [0.4, 0.5) is 0 Å². The minimum absolute atomic E-state index is 0.00535. The SMILES string of the molecule is CC(C)NC(=O)[C@@H]1CCC[C@@H](NC(=O)CC2(O)CCCCC2)C1. The molecule has 0 aromatic rings. The first-order valence-corrected chi connectivity index (χ1v) is 9.20. The molecule has 23 heavy (non-hydrogen) atoms. The molecule has 0 aliphatic heterocycles. The van der Waals surface area contributed by atoms with Gasteiger partial charge in [0.1, 0.15) is 0 Å². The van der Waals surface area contributed by atoms with Crippen LogP contribution in [-0.2, 0) is 9.59 Å². The van der Waals surface area contributed by atoms with E-state index in [1.165, 1.54) is 0 Å². The molecular formula is C18H32N2O3. The second-order valence-corrected chi connectivity index (χ2v) is 7.75. The molecule has 2 fully saturated rings. The molecule has 0 aromatic heterocycles. The van der Waals surface area contributed by atoms with E-state index in [1.54, 1.807) is 0 Å². The van der Waals surface area contributed by atoms with Gasteiger partial charge in [-0.05, 0) is 46.0 Å². The Bertz CT molecular complexity index is 416. The maximum absolute atomic E-state index is 12.3. The van der Waals surface area contributed by atoms with Crippen molar-refractivity contribution in [3.63, 3.8) is 0 Å². The van der Waals surface area contributed by atoms with Crippen molar-refractivity contribution in [1.29, 1.82) is 0 Å². The maximum atomic E-state index is 12.3. The van der Waals surface area contributed by atoms with Crippen LogP contribution < -0.4 is 10.6 Å². The molecule has 5 heteroatoms. The summed E-state index contributed by atoms with van der Waals surface area (Å²) < 4.78 is 0. The smallest absolute Gasteiger partial charge is 0.223 e. The van der Waals surface area contributed by atoms with Crippen molar-refractivity contribution >= 4 is 11.8 Å². The summed E-state index contributed by atoms with van der Waals surface area (Å²) in [6, 6.07) is 0.212. The summed E-state index contributed by atoms with van der Waals surface area (Å²) in [7, 11) is 0. The van der Waals surface area contributed by atoms with Gasteiger partial charge in [-0.15, -0.1) is 0 Å². The Morgan fingerprint density at radius 2 is 1.83 bits per heavy atom. The molecule has 2 rings (SSSR count). The van der Waals surface area contributed by atoms with E-state index >= 15 is 0 Å². The van der Waals surface area contributed by atoms with Gasteiger partial charge >= 0.3 is 0 Å². The summed E-state index contributed by atoms with van der Waals surface area (Å²) in [5.74, 6) is 0.0309. The van der Waals surface area contributed by atoms with Crippen molar-refractivity contribution in [3.05, 3.63) is 0 Å². The van der Waals surface area contributed by atoms with Crippen LogP contribution in [-0.4, -0.2) is 34.6 Å². The highest BCUT2D eigenvalue weighted by Gasteiger charge is 2.33. The van der Waals surface area contributed by atoms with Crippen molar-refractivity contribution in [2.24, 2.45) is 5.92 Å². The first-order chi connectivity index (χ1) is 10.9. The lowest BCUT2D eigenvalue weighted by molar-refractivity contribution is -0.130. The van der Waals surface area contributed by atoms with E-state index in [9.17, 15) is 14.7 Å². The van der Waals surface area contributed by atoms with Crippen LogP contribution >= 0.6 is 0 Å². The highest BCUT2D eigenvalue weighted by molar-refractivity contribution is 5.80. The Morgan fingerprint density at radius 3 is 2.48 bits per heavy atom. The second kappa shape index (κ2) is 8.13. The molecule has 0 unspecified atom stereocenters.